The van der Waals surface area contributed by atoms with E-state index in [9.17, 15) is 0 Å². The minimum Gasteiger partial charge on any atom is -0.329 e. The van der Waals surface area contributed by atoms with Gasteiger partial charge in [-0.05, 0) is 29.0 Å². The molecule has 27 heavy (non-hydrogen) atoms. The van der Waals surface area contributed by atoms with Gasteiger partial charge in [0.1, 0.15) is 6.33 Å². The van der Waals surface area contributed by atoms with Crippen LogP contribution in [0.5, 0.6) is 0 Å². The van der Waals surface area contributed by atoms with E-state index >= 15 is 0 Å². The lowest BCUT2D eigenvalue weighted by Gasteiger charge is -2.40. The molecule has 3 heterocycles. The van der Waals surface area contributed by atoms with Gasteiger partial charge in [0.05, 0.1) is 12.1 Å². The van der Waals surface area contributed by atoms with Gasteiger partial charge in [0.25, 0.3) is 0 Å². The smallest absolute Gasteiger partial charge is 0.225 e. The summed E-state index contributed by atoms with van der Waals surface area (Å²) in [6, 6.07) is 26.1. The monoisotopic (exact) mass is 372 g/mol. The molecule has 2 aromatic carbocycles. The van der Waals surface area contributed by atoms with Crippen LogP contribution in [0.25, 0.3) is 0 Å². The molecule has 0 unspecified atom stereocenters. The van der Waals surface area contributed by atoms with Gasteiger partial charge in [-0.3, -0.25) is 0 Å². The number of anilines is 1. The van der Waals surface area contributed by atoms with Gasteiger partial charge in [-0.15, -0.1) is 11.3 Å². The molecule has 0 bridgehead atoms. The fraction of sp³-hybridized carbons (Fsp3) is 0.182. The van der Waals surface area contributed by atoms with Crippen molar-refractivity contribution in [3.05, 3.63) is 101 Å². The summed E-state index contributed by atoms with van der Waals surface area (Å²) in [6.07, 6.45) is 2.66. The van der Waals surface area contributed by atoms with E-state index in [0.717, 1.165) is 18.9 Å². The Labute approximate surface area is 162 Å². The van der Waals surface area contributed by atoms with E-state index in [4.69, 9.17) is 0 Å². The Balaban J connectivity index is 1.59. The Morgan fingerprint density at radius 1 is 0.889 bits per heavy atom. The lowest BCUT2D eigenvalue weighted by molar-refractivity contribution is 0.383. The molecule has 0 radical (unpaired) electrons. The first-order chi connectivity index (χ1) is 13.4. The number of nitrogens with zero attached hydrogens (tertiary/aromatic N) is 4. The van der Waals surface area contributed by atoms with Crippen LogP contribution in [0.4, 0.5) is 5.95 Å². The van der Waals surface area contributed by atoms with Crippen molar-refractivity contribution in [2.45, 2.75) is 25.0 Å². The summed E-state index contributed by atoms with van der Waals surface area (Å²) in [6.45, 7) is 0.823. The molecule has 5 heteroatoms. The molecule has 1 aliphatic heterocycles. The number of thiophene rings is 1. The van der Waals surface area contributed by atoms with E-state index in [0.29, 0.717) is 0 Å². The maximum atomic E-state index is 4.65. The highest BCUT2D eigenvalue weighted by Gasteiger charge is 2.36. The molecular formula is C22H20N4S. The van der Waals surface area contributed by atoms with Crippen molar-refractivity contribution in [3.8, 4) is 0 Å². The third-order valence-electron chi connectivity index (χ3n) is 5.18. The van der Waals surface area contributed by atoms with E-state index in [1.807, 2.05) is 11.3 Å². The Kier molecular flexibility index (Phi) is 4.22. The maximum Gasteiger partial charge on any atom is 0.225 e. The summed E-state index contributed by atoms with van der Waals surface area (Å²) >= 11 is 1.82. The Morgan fingerprint density at radius 2 is 1.67 bits per heavy atom. The van der Waals surface area contributed by atoms with Crippen LogP contribution < -0.4 is 4.90 Å². The number of benzene rings is 2. The van der Waals surface area contributed by atoms with Crippen molar-refractivity contribution in [3.63, 3.8) is 0 Å². The van der Waals surface area contributed by atoms with Crippen molar-refractivity contribution in [2.75, 3.05) is 4.90 Å². The van der Waals surface area contributed by atoms with Gasteiger partial charge < -0.3 is 4.90 Å². The predicted octanol–water partition coefficient (Wildman–Crippen LogP) is 5.08. The van der Waals surface area contributed by atoms with E-state index in [1.54, 1.807) is 6.33 Å². The highest BCUT2D eigenvalue weighted by molar-refractivity contribution is 7.10. The van der Waals surface area contributed by atoms with Crippen LogP contribution >= 0.6 is 11.3 Å². The fourth-order valence-corrected chi connectivity index (χ4v) is 4.76. The van der Waals surface area contributed by atoms with Crippen molar-refractivity contribution in [1.29, 1.82) is 0 Å². The zero-order chi connectivity index (χ0) is 18.1. The molecule has 0 fully saturated rings. The summed E-state index contributed by atoms with van der Waals surface area (Å²) in [5.74, 6) is 0.942. The summed E-state index contributed by atoms with van der Waals surface area (Å²) in [5, 5.41) is 6.75. The lowest BCUT2D eigenvalue weighted by Crippen LogP contribution is -2.38. The average Bonchev–Trinajstić information content (AvgIpc) is 3.42. The van der Waals surface area contributed by atoms with Gasteiger partial charge in [-0.25, -0.2) is 4.68 Å². The van der Waals surface area contributed by atoms with Crippen LogP contribution in [0.3, 0.4) is 0 Å². The van der Waals surface area contributed by atoms with Gasteiger partial charge in [0, 0.05) is 11.4 Å². The van der Waals surface area contributed by atoms with Crippen molar-refractivity contribution in [2.24, 2.45) is 0 Å². The Bertz CT molecular complexity index is 995. The molecule has 0 saturated heterocycles. The minimum atomic E-state index is 0.197. The number of fused-ring (bicyclic) bond motifs is 1. The molecule has 1 aliphatic rings. The second-order valence-electron chi connectivity index (χ2n) is 6.81. The van der Waals surface area contributed by atoms with Gasteiger partial charge in [0.15, 0.2) is 0 Å². The summed E-state index contributed by atoms with van der Waals surface area (Å²) < 4.78 is 2.09. The highest BCUT2D eigenvalue weighted by Crippen LogP contribution is 2.43. The first kappa shape index (κ1) is 16.3. The summed E-state index contributed by atoms with van der Waals surface area (Å²) in [5.41, 5.74) is 2.57. The van der Waals surface area contributed by atoms with Crippen LogP contribution in [-0.4, -0.2) is 14.8 Å². The van der Waals surface area contributed by atoms with Crippen molar-refractivity contribution in [1.82, 2.24) is 14.8 Å². The third kappa shape index (κ3) is 3.04. The number of rotatable bonds is 4. The molecule has 5 rings (SSSR count). The second-order valence-corrected chi connectivity index (χ2v) is 7.79. The Morgan fingerprint density at radius 3 is 2.41 bits per heavy atom. The van der Waals surface area contributed by atoms with E-state index in [2.05, 4.69) is 97.8 Å². The lowest BCUT2D eigenvalue weighted by atomic mass is 9.95. The van der Waals surface area contributed by atoms with E-state index < -0.39 is 0 Å². The van der Waals surface area contributed by atoms with Crippen LogP contribution in [0.15, 0.2) is 84.5 Å². The normalized spacial score (nSPS) is 19.0. The van der Waals surface area contributed by atoms with Gasteiger partial charge in [0.2, 0.25) is 5.95 Å². The first-order valence-corrected chi connectivity index (χ1v) is 10.1. The number of hydrogen-bond acceptors (Lipinski definition) is 4. The van der Waals surface area contributed by atoms with Crippen LogP contribution in [0.2, 0.25) is 0 Å². The van der Waals surface area contributed by atoms with E-state index in [1.165, 1.54) is 16.0 Å². The maximum absolute atomic E-state index is 4.65. The Hall–Kier alpha value is -2.92. The standard InChI is InChI=1S/C22H20N4S/c1-3-8-17(9-4-1)15-25-20(21-12-7-13-27-21)14-19(18-10-5-2-6-11-18)26-22(25)23-16-24-26/h1-13,16,19-20H,14-15H2/t19-,20-/m1/s1. The zero-order valence-corrected chi connectivity index (χ0v) is 15.7. The second kappa shape index (κ2) is 7.00. The van der Waals surface area contributed by atoms with Crippen LogP contribution in [-0.2, 0) is 6.54 Å². The fourth-order valence-electron chi connectivity index (χ4n) is 3.91. The number of aromatic nitrogens is 3. The number of hydrogen-bond donors (Lipinski definition) is 0. The molecule has 4 aromatic rings. The topological polar surface area (TPSA) is 34.0 Å². The molecule has 0 N–H and O–H groups in total. The molecule has 4 nitrogen and oxygen atoms in total. The quantitative estimate of drug-likeness (QED) is 0.501. The van der Waals surface area contributed by atoms with Gasteiger partial charge >= 0.3 is 0 Å². The van der Waals surface area contributed by atoms with Crippen LogP contribution in [0, 0.1) is 0 Å². The average molecular weight is 372 g/mol. The molecule has 0 spiro atoms. The van der Waals surface area contributed by atoms with Crippen molar-refractivity contribution < 1.29 is 0 Å². The van der Waals surface area contributed by atoms with Crippen molar-refractivity contribution >= 4 is 17.3 Å². The molecule has 134 valence electrons. The molecule has 0 aliphatic carbocycles. The van der Waals surface area contributed by atoms with Crippen LogP contribution in [0.1, 0.15) is 34.5 Å². The van der Waals surface area contributed by atoms with Gasteiger partial charge in [-0.2, -0.15) is 10.1 Å². The minimum absolute atomic E-state index is 0.197. The molecule has 0 amide bonds. The summed E-state index contributed by atoms with van der Waals surface area (Å²) in [7, 11) is 0. The van der Waals surface area contributed by atoms with E-state index in [-0.39, 0.29) is 12.1 Å². The first-order valence-electron chi connectivity index (χ1n) is 9.18. The largest absolute Gasteiger partial charge is 0.329 e. The molecular weight excluding hydrogens is 352 g/mol. The highest BCUT2D eigenvalue weighted by atomic mass is 32.1. The third-order valence-corrected chi connectivity index (χ3v) is 6.15. The summed E-state index contributed by atoms with van der Waals surface area (Å²) in [4.78, 5) is 8.43. The SMILES string of the molecule is c1ccc(CN2c3ncnn3[C@@H](c3ccccc3)C[C@@H]2c2cccs2)cc1. The zero-order valence-electron chi connectivity index (χ0n) is 14.8. The molecule has 2 atom stereocenters. The van der Waals surface area contributed by atoms with Gasteiger partial charge in [-0.1, -0.05) is 66.7 Å². The predicted molar refractivity (Wildman–Crippen MR) is 109 cm³/mol. The molecule has 2 aromatic heterocycles. The molecule has 0 saturated carbocycles.